The summed E-state index contributed by atoms with van der Waals surface area (Å²) in [5, 5.41) is 9.92. The highest BCUT2D eigenvalue weighted by molar-refractivity contribution is 14.0. The Morgan fingerprint density at radius 3 is 2.88 bits per heavy atom. The Bertz CT molecular complexity index is 602. The van der Waals surface area contributed by atoms with E-state index in [0.717, 1.165) is 49.8 Å². The summed E-state index contributed by atoms with van der Waals surface area (Å²) in [7, 11) is 1.78. The molecule has 2 N–H and O–H groups in total. The molecule has 0 fully saturated rings. The van der Waals surface area contributed by atoms with Crippen molar-refractivity contribution in [3.05, 3.63) is 40.2 Å². The second kappa shape index (κ2) is 13.1. The van der Waals surface area contributed by atoms with Gasteiger partial charge in [-0.1, -0.05) is 6.92 Å². The molecule has 25 heavy (non-hydrogen) atoms. The number of nitrogens with one attached hydrogen (secondary N) is 2. The average Bonchev–Trinajstić information content (AvgIpc) is 3.27. The van der Waals surface area contributed by atoms with Gasteiger partial charge < -0.3 is 19.8 Å². The van der Waals surface area contributed by atoms with Crippen LogP contribution in [-0.4, -0.2) is 37.7 Å². The van der Waals surface area contributed by atoms with Crippen molar-refractivity contribution in [3.63, 3.8) is 0 Å². The SMILES string of the molecule is CCc1nc(CCNC(=NC)NCCCOCc2ccco2)cs1.I. The van der Waals surface area contributed by atoms with E-state index < -0.39 is 0 Å². The predicted octanol–water partition coefficient (Wildman–Crippen LogP) is 3.23. The van der Waals surface area contributed by atoms with E-state index in [1.54, 1.807) is 24.6 Å². The molecule has 2 heterocycles. The Morgan fingerprint density at radius 2 is 2.20 bits per heavy atom. The number of halogens is 1. The summed E-state index contributed by atoms with van der Waals surface area (Å²) in [5.41, 5.74) is 1.14. The van der Waals surface area contributed by atoms with Gasteiger partial charge in [0.2, 0.25) is 0 Å². The van der Waals surface area contributed by atoms with Crippen LogP contribution >= 0.6 is 35.3 Å². The summed E-state index contributed by atoms with van der Waals surface area (Å²) in [4.78, 5) is 8.78. The number of aliphatic imine (C=N–C) groups is 1. The van der Waals surface area contributed by atoms with Gasteiger partial charge >= 0.3 is 0 Å². The summed E-state index contributed by atoms with van der Waals surface area (Å²) in [6.45, 7) is 4.97. The van der Waals surface area contributed by atoms with E-state index in [1.165, 1.54) is 5.01 Å². The number of thiazole rings is 1. The maximum absolute atomic E-state index is 5.54. The van der Waals surface area contributed by atoms with E-state index in [-0.39, 0.29) is 24.0 Å². The number of aryl methyl sites for hydroxylation is 1. The minimum Gasteiger partial charge on any atom is -0.467 e. The number of guanidine groups is 1. The van der Waals surface area contributed by atoms with E-state index in [1.807, 2.05) is 12.1 Å². The van der Waals surface area contributed by atoms with Crippen LogP contribution in [-0.2, 0) is 24.2 Å². The lowest BCUT2D eigenvalue weighted by Gasteiger charge is -2.11. The first-order chi connectivity index (χ1) is 11.8. The zero-order chi connectivity index (χ0) is 17.0. The zero-order valence-corrected chi connectivity index (χ0v) is 17.9. The van der Waals surface area contributed by atoms with Gasteiger partial charge in [0.15, 0.2) is 5.96 Å². The van der Waals surface area contributed by atoms with Crippen LogP contribution in [0.2, 0.25) is 0 Å². The molecule has 140 valence electrons. The fourth-order valence-electron chi connectivity index (χ4n) is 2.10. The minimum absolute atomic E-state index is 0. The first-order valence-corrected chi connectivity index (χ1v) is 9.17. The minimum atomic E-state index is 0. The van der Waals surface area contributed by atoms with Crippen molar-refractivity contribution in [1.82, 2.24) is 15.6 Å². The van der Waals surface area contributed by atoms with Gasteiger partial charge in [-0.05, 0) is 25.0 Å². The van der Waals surface area contributed by atoms with Gasteiger partial charge in [0.25, 0.3) is 0 Å². The van der Waals surface area contributed by atoms with Crippen molar-refractivity contribution in [2.75, 3.05) is 26.7 Å². The molecular formula is C17H27IN4O2S. The number of nitrogens with zero attached hydrogens (tertiary/aromatic N) is 2. The molecule has 0 radical (unpaired) electrons. The second-order valence-electron chi connectivity index (χ2n) is 5.25. The molecule has 2 aromatic rings. The first-order valence-electron chi connectivity index (χ1n) is 8.29. The molecule has 2 aromatic heterocycles. The molecule has 6 nitrogen and oxygen atoms in total. The number of rotatable bonds is 10. The maximum atomic E-state index is 5.54. The van der Waals surface area contributed by atoms with Crippen LogP contribution in [0.1, 0.15) is 29.8 Å². The highest BCUT2D eigenvalue weighted by Crippen LogP contribution is 2.10. The third kappa shape index (κ3) is 8.68. The van der Waals surface area contributed by atoms with E-state index >= 15 is 0 Å². The Hall–Kier alpha value is -1.13. The van der Waals surface area contributed by atoms with Gasteiger partial charge in [-0.15, -0.1) is 35.3 Å². The normalized spacial score (nSPS) is 11.2. The van der Waals surface area contributed by atoms with Crippen LogP contribution in [0.5, 0.6) is 0 Å². The summed E-state index contributed by atoms with van der Waals surface area (Å²) in [6, 6.07) is 3.78. The van der Waals surface area contributed by atoms with E-state index in [2.05, 4.69) is 32.9 Å². The van der Waals surface area contributed by atoms with Crippen molar-refractivity contribution in [3.8, 4) is 0 Å². The lowest BCUT2D eigenvalue weighted by molar-refractivity contribution is 0.105. The van der Waals surface area contributed by atoms with Crippen molar-refractivity contribution in [1.29, 1.82) is 0 Å². The van der Waals surface area contributed by atoms with Crippen LogP contribution in [0, 0.1) is 0 Å². The maximum Gasteiger partial charge on any atom is 0.190 e. The summed E-state index contributed by atoms with van der Waals surface area (Å²) in [5.74, 6) is 1.67. The monoisotopic (exact) mass is 478 g/mol. The van der Waals surface area contributed by atoms with Gasteiger partial charge in [-0.3, -0.25) is 4.99 Å². The standard InChI is InChI=1S/C17H26N4O2S.HI/c1-3-16-21-14(13-24-16)7-9-20-17(18-2)19-8-5-10-22-12-15-6-4-11-23-15;/h4,6,11,13H,3,5,7-10,12H2,1-2H3,(H2,18,19,20);1H. The van der Waals surface area contributed by atoms with Crippen molar-refractivity contribution < 1.29 is 9.15 Å². The average molecular weight is 478 g/mol. The highest BCUT2D eigenvalue weighted by Gasteiger charge is 2.02. The van der Waals surface area contributed by atoms with Crippen LogP contribution < -0.4 is 10.6 Å². The fourth-order valence-corrected chi connectivity index (χ4v) is 2.88. The molecule has 0 amide bonds. The third-order valence-electron chi connectivity index (χ3n) is 3.38. The highest BCUT2D eigenvalue weighted by atomic mass is 127. The smallest absolute Gasteiger partial charge is 0.190 e. The molecule has 0 atom stereocenters. The summed E-state index contributed by atoms with van der Waals surface area (Å²) >= 11 is 1.73. The molecule has 2 rings (SSSR count). The molecule has 0 unspecified atom stereocenters. The lowest BCUT2D eigenvalue weighted by Crippen LogP contribution is -2.39. The number of aromatic nitrogens is 1. The summed E-state index contributed by atoms with van der Waals surface area (Å²) < 4.78 is 10.8. The van der Waals surface area contributed by atoms with Crippen LogP contribution in [0.15, 0.2) is 33.2 Å². The molecule has 0 aromatic carbocycles. The molecular weight excluding hydrogens is 451 g/mol. The molecule has 8 heteroatoms. The first kappa shape index (κ1) is 21.9. The van der Waals surface area contributed by atoms with Gasteiger partial charge in [-0.2, -0.15) is 0 Å². The van der Waals surface area contributed by atoms with Crippen molar-refractivity contribution in [2.45, 2.75) is 32.8 Å². The third-order valence-corrected chi connectivity index (χ3v) is 4.42. The Labute approximate surface area is 170 Å². The lowest BCUT2D eigenvalue weighted by atomic mass is 10.3. The largest absolute Gasteiger partial charge is 0.467 e. The quantitative estimate of drug-likeness (QED) is 0.238. The Balaban J connectivity index is 0.00000312. The van der Waals surface area contributed by atoms with Gasteiger partial charge in [0.05, 0.1) is 17.0 Å². The number of furan rings is 1. The van der Waals surface area contributed by atoms with E-state index in [9.17, 15) is 0 Å². The zero-order valence-electron chi connectivity index (χ0n) is 14.8. The Morgan fingerprint density at radius 1 is 1.36 bits per heavy atom. The topological polar surface area (TPSA) is 71.7 Å². The van der Waals surface area contributed by atoms with Crippen LogP contribution in [0.4, 0.5) is 0 Å². The Kier molecular flexibility index (Phi) is 11.5. The molecule has 0 saturated carbocycles. The number of ether oxygens (including phenoxy) is 1. The molecule has 0 aliphatic carbocycles. The molecule has 0 spiro atoms. The van der Waals surface area contributed by atoms with E-state index in [4.69, 9.17) is 9.15 Å². The fraction of sp³-hybridized carbons (Fsp3) is 0.529. The summed E-state index contributed by atoms with van der Waals surface area (Å²) in [6.07, 6.45) is 4.48. The number of hydrogen-bond acceptors (Lipinski definition) is 5. The van der Waals surface area contributed by atoms with E-state index in [0.29, 0.717) is 13.2 Å². The second-order valence-corrected chi connectivity index (χ2v) is 6.19. The number of hydrogen-bond donors (Lipinski definition) is 2. The van der Waals surface area contributed by atoms with Crippen LogP contribution in [0.25, 0.3) is 0 Å². The van der Waals surface area contributed by atoms with Gasteiger partial charge in [0, 0.05) is 38.5 Å². The van der Waals surface area contributed by atoms with Gasteiger partial charge in [-0.25, -0.2) is 4.98 Å². The molecule has 0 aliphatic heterocycles. The van der Waals surface area contributed by atoms with Crippen molar-refractivity contribution >= 4 is 41.3 Å². The van der Waals surface area contributed by atoms with Crippen LogP contribution in [0.3, 0.4) is 0 Å². The predicted molar refractivity (Wildman–Crippen MR) is 113 cm³/mol. The van der Waals surface area contributed by atoms with Crippen molar-refractivity contribution in [2.24, 2.45) is 4.99 Å². The molecule has 0 aliphatic rings. The molecule has 0 bridgehead atoms. The molecule has 0 saturated heterocycles. The van der Waals surface area contributed by atoms with Gasteiger partial charge in [0.1, 0.15) is 12.4 Å².